The molecular formula is C26H29ClF3N3O5. The lowest BCUT2D eigenvalue weighted by Crippen LogP contribution is -2.54. The van der Waals surface area contributed by atoms with Crippen molar-refractivity contribution in [1.29, 1.82) is 0 Å². The lowest BCUT2D eigenvalue weighted by atomic mass is 9.97. The van der Waals surface area contributed by atoms with E-state index in [1.54, 1.807) is 24.3 Å². The second kappa shape index (κ2) is 13.3. The minimum absolute atomic E-state index is 0.0593. The van der Waals surface area contributed by atoms with Crippen molar-refractivity contribution < 1.29 is 37.1 Å². The molecule has 0 fully saturated rings. The summed E-state index contributed by atoms with van der Waals surface area (Å²) in [4.78, 5) is 50.4. The third-order valence-corrected chi connectivity index (χ3v) is 5.78. The van der Waals surface area contributed by atoms with Crippen LogP contribution in [-0.4, -0.2) is 48.9 Å². The van der Waals surface area contributed by atoms with Crippen molar-refractivity contribution in [2.24, 2.45) is 5.92 Å². The fourth-order valence-corrected chi connectivity index (χ4v) is 3.72. The van der Waals surface area contributed by atoms with Gasteiger partial charge in [-0.3, -0.25) is 19.2 Å². The number of alkyl halides is 3. The van der Waals surface area contributed by atoms with E-state index in [0.29, 0.717) is 16.3 Å². The number of nitrogens with one attached hydrogen (secondary N) is 3. The van der Waals surface area contributed by atoms with Gasteiger partial charge in [-0.1, -0.05) is 49.7 Å². The highest BCUT2D eigenvalue weighted by Crippen LogP contribution is 2.23. The van der Waals surface area contributed by atoms with Crippen LogP contribution in [0.15, 0.2) is 48.5 Å². The number of hydrogen-bond acceptors (Lipinski definition) is 5. The van der Waals surface area contributed by atoms with Crippen molar-refractivity contribution in [2.45, 2.75) is 51.5 Å². The van der Waals surface area contributed by atoms with Crippen molar-refractivity contribution in [2.75, 3.05) is 7.11 Å². The fourth-order valence-electron chi connectivity index (χ4n) is 3.50. The predicted octanol–water partition coefficient (Wildman–Crippen LogP) is 3.53. The van der Waals surface area contributed by atoms with Gasteiger partial charge in [-0.15, -0.1) is 0 Å². The average Bonchev–Trinajstić information content (AvgIpc) is 2.84. The van der Waals surface area contributed by atoms with Crippen molar-refractivity contribution in [3.05, 3.63) is 64.7 Å². The maximum Gasteiger partial charge on any atom is 0.452 e. The Labute approximate surface area is 223 Å². The summed E-state index contributed by atoms with van der Waals surface area (Å²) in [5, 5.41) is 7.52. The zero-order valence-electron chi connectivity index (χ0n) is 21.2. The Kier molecular flexibility index (Phi) is 10.7. The normalized spacial score (nSPS) is 13.7. The van der Waals surface area contributed by atoms with Gasteiger partial charge in [0.05, 0.1) is 19.6 Å². The quantitative estimate of drug-likeness (QED) is 0.393. The lowest BCUT2D eigenvalue weighted by Gasteiger charge is -2.26. The largest absolute Gasteiger partial charge is 0.497 e. The maximum absolute atomic E-state index is 13.1. The summed E-state index contributed by atoms with van der Waals surface area (Å²) in [6.07, 6.45) is -5.22. The maximum atomic E-state index is 13.1. The summed E-state index contributed by atoms with van der Waals surface area (Å²) < 4.78 is 44.4. The fraction of sp³-hybridized carbons (Fsp3) is 0.385. The number of hydrogen-bond donors (Lipinski definition) is 3. The molecule has 38 heavy (non-hydrogen) atoms. The Hall–Kier alpha value is -3.60. The van der Waals surface area contributed by atoms with E-state index in [4.69, 9.17) is 16.3 Å². The molecule has 0 radical (unpaired) electrons. The van der Waals surface area contributed by atoms with Gasteiger partial charge < -0.3 is 20.7 Å². The van der Waals surface area contributed by atoms with E-state index in [0.717, 1.165) is 0 Å². The molecule has 0 aliphatic carbocycles. The standard InChI is InChI=1S/C26H29ClF3N3O5/c1-14(2)21(23(35)26(28,29)30)32-25(37)22(17-8-10-19(38-4)11-9-17)33-24(36)15(3)31-20(34)13-16-6-5-7-18(27)12-16/h5-12,14-15,21-22H,13H2,1-4H3,(H,31,34)(H,32,37)(H,33,36)/t15-,21-,22-/m0/s1. The van der Waals surface area contributed by atoms with E-state index in [-0.39, 0.29) is 12.0 Å². The van der Waals surface area contributed by atoms with Crippen molar-refractivity contribution in [3.8, 4) is 5.75 Å². The summed E-state index contributed by atoms with van der Waals surface area (Å²) in [6, 6.07) is 8.06. The number of methoxy groups -OCH3 is 1. The van der Waals surface area contributed by atoms with Crippen LogP contribution >= 0.6 is 11.6 Å². The van der Waals surface area contributed by atoms with Crippen LogP contribution in [0, 0.1) is 5.92 Å². The number of amides is 3. The molecule has 0 aliphatic heterocycles. The first kappa shape index (κ1) is 30.6. The molecule has 0 aliphatic rings. The van der Waals surface area contributed by atoms with E-state index in [9.17, 15) is 32.3 Å². The van der Waals surface area contributed by atoms with Crippen LogP contribution in [0.4, 0.5) is 13.2 Å². The van der Waals surface area contributed by atoms with Crippen LogP contribution in [0.2, 0.25) is 5.02 Å². The highest BCUT2D eigenvalue weighted by molar-refractivity contribution is 6.30. The van der Waals surface area contributed by atoms with E-state index in [1.165, 1.54) is 52.1 Å². The minimum atomic E-state index is -5.16. The highest BCUT2D eigenvalue weighted by atomic mass is 35.5. The SMILES string of the molecule is COc1ccc([C@H](NC(=O)[C@H](C)NC(=O)Cc2cccc(Cl)c2)C(=O)N[C@H](C(=O)C(F)(F)F)C(C)C)cc1. The minimum Gasteiger partial charge on any atom is -0.497 e. The second-order valence-electron chi connectivity index (χ2n) is 8.90. The van der Waals surface area contributed by atoms with Crippen LogP contribution in [0.5, 0.6) is 5.75 Å². The van der Waals surface area contributed by atoms with Gasteiger partial charge in [0.25, 0.3) is 5.78 Å². The molecule has 3 N–H and O–H groups in total. The summed E-state index contributed by atoms with van der Waals surface area (Å²) >= 11 is 5.92. The Morgan fingerprint density at radius 2 is 1.55 bits per heavy atom. The molecule has 0 aromatic heterocycles. The summed E-state index contributed by atoms with van der Waals surface area (Å²) in [5.41, 5.74) is 0.836. The Bertz CT molecular complexity index is 1160. The van der Waals surface area contributed by atoms with Crippen LogP contribution in [-0.2, 0) is 25.6 Å². The topological polar surface area (TPSA) is 114 Å². The molecule has 0 unspecified atom stereocenters. The average molecular weight is 556 g/mol. The molecule has 0 bridgehead atoms. The number of carbonyl (C=O) groups is 4. The first-order valence-electron chi connectivity index (χ1n) is 11.6. The van der Waals surface area contributed by atoms with E-state index >= 15 is 0 Å². The first-order chi connectivity index (χ1) is 17.7. The molecule has 0 heterocycles. The molecule has 3 atom stereocenters. The van der Waals surface area contributed by atoms with Gasteiger partial charge in [0.2, 0.25) is 17.7 Å². The van der Waals surface area contributed by atoms with Crippen molar-refractivity contribution in [3.63, 3.8) is 0 Å². The number of ketones is 1. The molecule has 2 rings (SSSR count). The van der Waals surface area contributed by atoms with Crippen LogP contribution in [0.3, 0.4) is 0 Å². The monoisotopic (exact) mass is 555 g/mol. The number of halogens is 4. The molecule has 2 aromatic rings. The third kappa shape index (κ3) is 8.76. The predicted molar refractivity (Wildman–Crippen MR) is 134 cm³/mol. The van der Waals surface area contributed by atoms with Gasteiger partial charge in [0.15, 0.2) is 0 Å². The number of benzene rings is 2. The van der Waals surface area contributed by atoms with Gasteiger partial charge in [0.1, 0.15) is 17.8 Å². The molecule has 206 valence electrons. The van der Waals surface area contributed by atoms with Gasteiger partial charge in [-0.25, -0.2) is 0 Å². The number of ether oxygens (including phenoxy) is 1. The zero-order valence-corrected chi connectivity index (χ0v) is 21.9. The molecule has 0 saturated carbocycles. The van der Waals surface area contributed by atoms with Gasteiger partial charge in [-0.05, 0) is 48.2 Å². The molecule has 0 saturated heterocycles. The molecule has 12 heteroatoms. The van der Waals surface area contributed by atoms with Crippen molar-refractivity contribution in [1.82, 2.24) is 16.0 Å². The molecule has 8 nitrogen and oxygen atoms in total. The Balaban J connectivity index is 2.22. The number of carbonyl (C=O) groups excluding carboxylic acids is 4. The second-order valence-corrected chi connectivity index (χ2v) is 9.34. The van der Waals surface area contributed by atoms with E-state index < -0.39 is 53.7 Å². The summed E-state index contributed by atoms with van der Waals surface area (Å²) in [6.45, 7) is 4.10. The van der Waals surface area contributed by atoms with Crippen molar-refractivity contribution >= 4 is 35.1 Å². The van der Waals surface area contributed by atoms with E-state index in [2.05, 4.69) is 16.0 Å². The van der Waals surface area contributed by atoms with Gasteiger partial charge >= 0.3 is 6.18 Å². The first-order valence-corrected chi connectivity index (χ1v) is 12.0. The summed E-state index contributed by atoms with van der Waals surface area (Å²) in [7, 11) is 1.42. The molecule has 0 spiro atoms. The lowest BCUT2D eigenvalue weighted by molar-refractivity contribution is -0.175. The molecular weight excluding hydrogens is 527 g/mol. The molecule has 3 amide bonds. The van der Waals surface area contributed by atoms with Gasteiger partial charge in [0, 0.05) is 5.02 Å². The highest BCUT2D eigenvalue weighted by Gasteiger charge is 2.45. The molecule has 2 aromatic carbocycles. The Morgan fingerprint density at radius 3 is 2.08 bits per heavy atom. The van der Waals surface area contributed by atoms with Gasteiger partial charge in [-0.2, -0.15) is 13.2 Å². The smallest absolute Gasteiger partial charge is 0.452 e. The van der Waals surface area contributed by atoms with Crippen LogP contribution < -0.4 is 20.7 Å². The summed E-state index contributed by atoms with van der Waals surface area (Å²) in [5.74, 6) is -4.85. The van der Waals surface area contributed by atoms with E-state index in [1.807, 2.05) is 0 Å². The number of rotatable bonds is 11. The number of Topliss-reactive ketones (excluding diaryl/α,β-unsaturated/α-hetero) is 1. The third-order valence-electron chi connectivity index (χ3n) is 5.55. The zero-order chi connectivity index (χ0) is 28.6. The Morgan fingerprint density at radius 1 is 0.921 bits per heavy atom. The van der Waals surface area contributed by atoms with Crippen LogP contribution in [0.1, 0.15) is 37.9 Å². The van der Waals surface area contributed by atoms with Crippen LogP contribution in [0.25, 0.3) is 0 Å².